The predicted molar refractivity (Wildman–Crippen MR) is 64.1 cm³/mol. The summed E-state index contributed by atoms with van der Waals surface area (Å²) in [5.74, 6) is 0. The molecular formula is C13H22O3. The maximum absolute atomic E-state index is 9.19. The van der Waals surface area contributed by atoms with E-state index in [-0.39, 0.29) is 6.29 Å². The quantitative estimate of drug-likeness (QED) is 0.748. The largest absolute Gasteiger partial charge is 0.388 e. The van der Waals surface area contributed by atoms with Crippen molar-refractivity contribution >= 4 is 0 Å². The molecule has 3 nitrogen and oxygen atoms in total. The first-order valence-corrected chi connectivity index (χ1v) is 5.80. The van der Waals surface area contributed by atoms with Crippen LogP contribution in [0.3, 0.4) is 0 Å². The van der Waals surface area contributed by atoms with Crippen molar-refractivity contribution in [3.63, 3.8) is 0 Å². The van der Waals surface area contributed by atoms with Crippen molar-refractivity contribution in [2.45, 2.75) is 46.0 Å². The third kappa shape index (κ3) is 5.45. The molecule has 1 rings (SSSR count). The number of hydrogen-bond acceptors (Lipinski definition) is 3. The lowest BCUT2D eigenvalue weighted by molar-refractivity contribution is -0.193. The van der Waals surface area contributed by atoms with E-state index < -0.39 is 6.10 Å². The van der Waals surface area contributed by atoms with Gasteiger partial charge in [-0.2, -0.15) is 0 Å². The van der Waals surface area contributed by atoms with Crippen molar-refractivity contribution in [3.05, 3.63) is 23.3 Å². The van der Waals surface area contributed by atoms with Crippen LogP contribution in [0.2, 0.25) is 0 Å². The van der Waals surface area contributed by atoms with Gasteiger partial charge in [0.2, 0.25) is 0 Å². The molecule has 92 valence electrons. The fourth-order valence-electron chi connectivity index (χ4n) is 1.51. The molecule has 1 N–H and O–H groups in total. The minimum absolute atomic E-state index is 0.282. The van der Waals surface area contributed by atoms with Gasteiger partial charge in [0.25, 0.3) is 0 Å². The Balaban J connectivity index is 2.29. The Kier molecular flexibility index (Phi) is 5.74. The van der Waals surface area contributed by atoms with Gasteiger partial charge >= 0.3 is 0 Å². The Morgan fingerprint density at radius 1 is 1.25 bits per heavy atom. The minimum atomic E-state index is -0.476. The Morgan fingerprint density at radius 3 is 2.44 bits per heavy atom. The second kappa shape index (κ2) is 6.84. The smallest absolute Gasteiger partial charge is 0.177 e. The Morgan fingerprint density at radius 2 is 1.88 bits per heavy atom. The zero-order chi connectivity index (χ0) is 12.0. The molecule has 1 fully saturated rings. The summed E-state index contributed by atoms with van der Waals surface area (Å²) in [6, 6.07) is 0. The molecule has 0 spiro atoms. The van der Waals surface area contributed by atoms with Crippen LogP contribution in [0.4, 0.5) is 0 Å². The van der Waals surface area contributed by atoms with Crippen LogP contribution in [0, 0.1) is 0 Å². The van der Waals surface area contributed by atoms with Gasteiger partial charge in [-0.25, -0.2) is 0 Å². The first kappa shape index (κ1) is 13.4. The highest BCUT2D eigenvalue weighted by atomic mass is 16.7. The number of aliphatic hydroxyl groups is 1. The summed E-state index contributed by atoms with van der Waals surface area (Å²) in [7, 11) is 0. The highest BCUT2D eigenvalue weighted by Crippen LogP contribution is 2.12. The van der Waals surface area contributed by atoms with Crippen LogP contribution in [0.5, 0.6) is 0 Å². The van der Waals surface area contributed by atoms with Gasteiger partial charge in [-0.05, 0) is 39.7 Å². The van der Waals surface area contributed by atoms with Crippen LogP contribution >= 0.6 is 0 Å². The van der Waals surface area contributed by atoms with Gasteiger partial charge in [0.05, 0.1) is 13.2 Å². The second-order valence-electron chi connectivity index (χ2n) is 4.52. The van der Waals surface area contributed by atoms with E-state index in [4.69, 9.17) is 9.47 Å². The van der Waals surface area contributed by atoms with Crippen molar-refractivity contribution < 1.29 is 14.6 Å². The molecule has 0 amide bonds. The van der Waals surface area contributed by atoms with Crippen LogP contribution in [-0.2, 0) is 9.47 Å². The van der Waals surface area contributed by atoms with Crippen molar-refractivity contribution in [1.82, 2.24) is 0 Å². The van der Waals surface area contributed by atoms with Crippen LogP contribution in [0.1, 0.15) is 33.6 Å². The Labute approximate surface area is 97.8 Å². The molecule has 0 unspecified atom stereocenters. The monoisotopic (exact) mass is 226 g/mol. The van der Waals surface area contributed by atoms with Crippen LogP contribution in [-0.4, -0.2) is 30.7 Å². The molecule has 0 atom stereocenters. The number of rotatable bonds is 4. The highest BCUT2D eigenvalue weighted by molar-refractivity contribution is 5.03. The number of allylic oxidation sites excluding steroid dienone is 3. The molecule has 1 aliphatic heterocycles. The zero-order valence-electron chi connectivity index (χ0n) is 10.4. The summed E-state index contributed by atoms with van der Waals surface area (Å²) in [5, 5.41) is 9.19. The van der Waals surface area contributed by atoms with E-state index in [1.54, 1.807) is 0 Å². The molecule has 0 bridgehead atoms. The fraction of sp³-hybridized carbons (Fsp3) is 0.692. The van der Waals surface area contributed by atoms with Gasteiger partial charge in [-0.15, -0.1) is 0 Å². The first-order valence-electron chi connectivity index (χ1n) is 5.80. The second-order valence-corrected chi connectivity index (χ2v) is 4.52. The van der Waals surface area contributed by atoms with Gasteiger partial charge in [-0.3, -0.25) is 0 Å². The lowest BCUT2D eigenvalue weighted by Gasteiger charge is -2.24. The third-order valence-corrected chi connectivity index (χ3v) is 2.42. The topological polar surface area (TPSA) is 38.7 Å². The summed E-state index contributed by atoms with van der Waals surface area (Å²) in [6.07, 6.45) is 5.54. The third-order valence-electron chi connectivity index (χ3n) is 2.42. The van der Waals surface area contributed by atoms with Crippen LogP contribution < -0.4 is 0 Å². The van der Waals surface area contributed by atoms with Gasteiger partial charge < -0.3 is 14.6 Å². The number of aliphatic hydroxyl groups excluding tert-OH is 1. The van der Waals surface area contributed by atoms with Gasteiger partial charge in [0.15, 0.2) is 6.29 Å². The summed E-state index contributed by atoms with van der Waals surface area (Å²) >= 11 is 0. The molecule has 1 saturated heterocycles. The number of hydrogen-bond donors (Lipinski definition) is 1. The predicted octanol–water partition coefficient (Wildman–Crippen LogP) is 2.41. The molecule has 1 heterocycles. The summed E-state index contributed by atoms with van der Waals surface area (Å²) in [4.78, 5) is 0. The van der Waals surface area contributed by atoms with E-state index >= 15 is 0 Å². The van der Waals surface area contributed by atoms with Gasteiger partial charge in [0.1, 0.15) is 6.10 Å². The Hall–Kier alpha value is -0.640. The molecule has 0 radical (unpaired) electrons. The standard InChI is InChI=1S/C13H22O3/c1-10(2)5-4-6-11(3)7-13-15-8-12(14)9-16-13/h5,7,12-14H,4,6,8-9H2,1-3H3/t12-,13-. The van der Waals surface area contributed by atoms with Gasteiger partial charge in [0, 0.05) is 0 Å². The maximum Gasteiger partial charge on any atom is 0.177 e. The lowest BCUT2D eigenvalue weighted by atomic mass is 10.1. The van der Waals surface area contributed by atoms with Crippen molar-refractivity contribution in [3.8, 4) is 0 Å². The fourth-order valence-corrected chi connectivity index (χ4v) is 1.51. The summed E-state index contributed by atoms with van der Waals surface area (Å²) < 4.78 is 10.6. The molecule has 0 aromatic heterocycles. The van der Waals surface area contributed by atoms with Crippen molar-refractivity contribution in [2.24, 2.45) is 0 Å². The highest BCUT2D eigenvalue weighted by Gasteiger charge is 2.18. The normalized spacial score (nSPS) is 26.6. The molecule has 0 saturated carbocycles. The molecule has 1 aliphatic rings. The zero-order valence-corrected chi connectivity index (χ0v) is 10.4. The van der Waals surface area contributed by atoms with E-state index in [9.17, 15) is 5.11 Å². The molecule has 3 heteroatoms. The van der Waals surface area contributed by atoms with E-state index in [0.717, 1.165) is 12.8 Å². The van der Waals surface area contributed by atoms with Crippen molar-refractivity contribution in [1.29, 1.82) is 0 Å². The molecule has 0 aromatic carbocycles. The van der Waals surface area contributed by atoms with E-state index in [0.29, 0.717) is 13.2 Å². The van der Waals surface area contributed by atoms with Crippen LogP contribution in [0.15, 0.2) is 23.3 Å². The molecular weight excluding hydrogens is 204 g/mol. The van der Waals surface area contributed by atoms with Crippen molar-refractivity contribution in [2.75, 3.05) is 13.2 Å². The Bertz CT molecular complexity index is 256. The molecule has 16 heavy (non-hydrogen) atoms. The lowest BCUT2D eigenvalue weighted by Crippen LogP contribution is -2.34. The summed E-state index contributed by atoms with van der Waals surface area (Å²) in [6.45, 7) is 7.02. The first-order chi connectivity index (χ1) is 7.58. The average molecular weight is 226 g/mol. The van der Waals surface area contributed by atoms with E-state index in [1.807, 2.05) is 6.08 Å². The van der Waals surface area contributed by atoms with E-state index in [1.165, 1.54) is 11.1 Å². The SMILES string of the molecule is CC(C)=CCCC(C)=C[C@H]1OC[C@H](O)CO1. The van der Waals surface area contributed by atoms with Gasteiger partial charge in [-0.1, -0.05) is 17.2 Å². The average Bonchev–Trinajstić information content (AvgIpc) is 2.21. The van der Waals surface area contributed by atoms with Crippen LogP contribution in [0.25, 0.3) is 0 Å². The molecule has 0 aromatic rings. The number of ether oxygens (including phenoxy) is 2. The minimum Gasteiger partial charge on any atom is -0.388 e. The molecule has 0 aliphatic carbocycles. The summed E-state index contributed by atoms with van der Waals surface area (Å²) in [5.41, 5.74) is 2.61. The maximum atomic E-state index is 9.19. The van der Waals surface area contributed by atoms with E-state index in [2.05, 4.69) is 26.8 Å².